The highest BCUT2D eigenvalue weighted by Gasteiger charge is 2.37. The largest absolute Gasteiger partial charge is 0.469 e. The van der Waals surface area contributed by atoms with E-state index in [0.717, 1.165) is 5.57 Å². The number of aliphatic hydroxyl groups is 4. The van der Waals surface area contributed by atoms with Gasteiger partial charge in [0.05, 0.1) is 36.4 Å². The number of carbonyl (C=O) groups is 1. The summed E-state index contributed by atoms with van der Waals surface area (Å²) in [6.45, 7) is 6.92. The zero-order chi connectivity index (χ0) is 20.8. The number of rotatable bonds is 2. The van der Waals surface area contributed by atoms with Crippen molar-refractivity contribution in [3.05, 3.63) is 11.6 Å². The van der Waals surface area contributed by atoms with Gasteiger partial charge in [-0.1, -0.05) is 18.6 Å². The Morgan fingerprint density at radius 2 is 1.74 bits per heavy atom. The zero-order valence-electron chi connectivity index (χ0n) is 17.4. The molecular formula is C21H38O6. The van der Waals surface area contributed by atoms with Crippen LogP contribution in [0.5, 0.6) is 0 Å². The maximum atomic E-state index is 12.0. The average molecular weight is 387 g/mol. The molecule has 0 fully saturated rings. The van der Waals surface area contributed by atoms with E-state index >= 15 is 0 Å². The van der Waals surface area contributed by atoms with Crippen LogP contribution in [-0.2, 0) is 9.53 Å². The van der Waals surface area contributed by atoms with Crippen molar-refractivity contribution in [3.8, 4) is 0 Å². The summed E-state index contributed by atoms with van der Waals surface area (Å²) in [5.74, 6) is -1.15. The first-order chi connectivity index (χ1) is 12.4. The summed E-state index contributed by atoms with van der Waals surface area (Å²) in [4.78, 5) is 12.0. The molecule has 0 saturated heterocycles. The third-order valence-corrected chi connectivity index (χ3v) is 6.22. The summed E-state index contributed by atoms with van der Waals surface area (Å²) in [7, 11) is 1.32. The van der Waals surface area contributed by atoms with Crippen LogP contribution in [0.15, 0.2) is 11.6 Å². The molecule has 4 N–H and O–H groups in total. The second kappa shape index (κ2) is 10.0. The van der Waals surface area contributed by atoms with Crippen LogP contribution >= 0.6 is 0 Å². The smallest absolute Gasteiger partial charge is 0.308 e. The number of carbonyl (C=O) groups excluding carboxylic acids is 1. The van der Waals surface area contributed by atoms with Gasteiger partial charge in [-0.05, 0) is 71.6 Å². The quantitative estimate of drug-likeness (QED) is 0.429. The SMILES string of the molecule is COC(=O)C(C)[C@H]1CC[C@@](C)(O)[C@H](O)CC/C(C)=C/CC[C@@](C)(O)[C@H](O)C1. The fourth-order valence-electron chi connectivity index (χ4n) is 3.69. The van der Waals surface area contributed by atoms with E-state index in [0.29, 0.717) is 32.1 Å². The molecule has 0 spiro atoms. The van der Waals surface area contributed by atoms with E-state index in [4.69, 9.17) is 4.74 Å². The van der Waals surface area contributed by atoms with Crippen molar-refractivity contribution in [2.75, 3.05) is 7.11 Å². The molecule has 6 atom stereocenters. The molecule has 1 unspecified atom stereocenters. The van der Waals surface area contributed by atoms with Gasteiger partial charge in [0.1, 0.15) is 0 Å². The predicted molar refractivity (Wildman–Crippen MR) is 104 cm³/mol. The summed E-state index contributed by atoms with van der Waals surface area (Å²) in [5, 5.41) is 42.5. The summed E-state index contributed by atoms with van der Waals surface area (Å²) in [6, 6.07) is 0. The Labute approximate surface area is 163 Å². The van der Waals surface area contributed by atoms with Crippen LogP contribution in [0.1, 0.15) is 72.6 Å². The fourth-order valence-corrected chi connectivity index (χ4v) is 3.69. The van der Waals surface area contributed by atoms with Crippen LogP contribution < -0.4 is 0 Å². The number of aliphatic hydroxyl groups excluding tert-OH is 2. The maximum Gasteiger partial charge on any atom is 0.308 e. The Balaban J connectivity index is 3.09. The van der Waals surface area contributed by atoms with Crippen molar-refractivity contribution in [2.45, 2.75) is 96.1 Å². The van der Waals surface area contributed by atoms with Gasteiger partial charge in [0, 0.05) is 0 Å². The lowest BCUT2D eigenvalue weighted by Crippen LogP contribution is -2.43. The van der Waals surface area contributed by atoms with Gasteiger partial charge in [-0.25, -0.2) is 0 Å². The van der Waals surface area contributed by atoms with Crippen molar-refractivity contribution in [1.82, 2.24) is 0 Å². The number of methoxy groups -OCH3 is 1. The summed E-state index contributed by atoms with van der Waals surface area (Å²) in [5.41, 5.74) is -1.47. The molecule has 1 aliphatic rings. The summed E-state index contributed by atoms with van der Waals surface area (Å²) >= 11 is 0. The predicted octanol–water partition coefficient (Wildman–Crippen LogP) is 2.33. The highest BCUT2D eigenvalue weighted by atomic mass is 16.5. The lowest BCUT2D eigenvalue weighted by molar-refractivity contribution is -0.148. The molecule has 27 heavy (non-hydrogen) atoms. The third kappa shape index (κ3) is 7.18. The van der Waals surface area contributed by atoms with E-state index in [1.807, 2.05) is 13.0 Å². The first kappa shape index (κ1) is 24.1. The molecule has 0 aromatic carbocycles. The fraction of sp³-hybridized carbons (Fsp3) is 0.857. The van der Waals surface area contributed by atoms with Crippen LogP contribution in [0.25, 0.3) is 0 Å². The van der Waals surface area contributed by atoms with E-state index in [1.54, 1.807) is 20.8 Å². The second-order valence-corrected chi connectivity index (χ2v) is 8.72. The molecule has 1 aliphatic carbocycles. The van der Waals surface area contributed by atoms with Gasteiger partial charge in [0.15, 0.2) is 0 Å². The zero-order valence-corrected chi connectivity index (χ0v) is 17.4. The highest BCUT2D eigenvalue weighted by molar-refractivity contribution is 5.72. The van der Waals surface area contributed by atoms with E-state index < -0.39 is 29.3 Å². The first-order valence-corrected chi connectivity index (χ1v) is 9.95. The Hall–Kier alpha value is -0.950. The molecule has 158 valence electrons. The number of hydrogen-bond acceptors (Lipinski definition) is 6. The summed E-state index contributed by atoms with van der Waals surface area (Å²) < 4.78 is 4.84. The number of ether oxygens (including phenoxy) is 1. The van der Waals surface area contributed by atoms with Gasteiger partial charge in [0.25, 0.3) is 0 Å². The standard InChI is InChI=1S/C21H38O6/c1-14-7-6-11-20(3,25)18(23)13-16(15(2)19(24)27-5)10-12-21(4,26)17(22)9-8-14/h7,15-18,22-23,25-26H,6,8-13H2,1-5H3/b14-7+/t15?,16-,17+,18+,20+,21+/m0/s1. The minimum atomic E-state index is -1.29. The number of esters is 1. The van der Waals surface area contributed by atoms with E-state index in [9.17, 15) is 25.2 Å². The lowest BCUT2D eigenvalue weighted by Gasteiger charge is -2.35. The molecule has 0 saturated carbocycles. The highest BCUT2D eigenvalue weighted by Crippen LogP contribution is 2.33. The first-order valence-electron chi connectivity index (χ1n) is 9.95. The Morgan fingerprint density at radius 3 is 2.33 bits per heavy atom. The van der Waals surface area contributed by atoms with Crippen molar-refractivity contribution in [1.29, 1.82) is 0 Å². The summed E-state index contributed by atoms with van der Waals surface area (Å²) in [6.07, 6.45) is 3.20. The maximum absolute atomic E-state index is 12.0. The van der Waals surface area contributed by atoms with E-state index in [-0.39, 0.29) is 24.7 Å². The van der Waals surface area contributed by atoms with Gasteiger partial charge in [-0.3, -0.25) is 4.79 Å². The average Bonchev–Trinajstić information content (AvgIpc) is 2.60. The molecule has 0 radical (unpaired) electrons. The van der Waals surface area contributed by atoms with E-state index in [2.05, 4.69) is 0 Å². The molecule has 0 aliphatic heterocycles. The molecule has 6 nitrogen and oxygen atoms in total. The molecule has 0 amide bonds. The Bertz CT molecular complexity index is 511. The Kier molecular flexibility index (Phi) is 8.93. The van der Waals surface area contributed by atoms with Crippen LogP contribution in [0.3, 0.4) is 0 Å². The number of hydrogen-bond donors (Lipinski definition) is 4. The molecule has 0 aromatic heterocycles. The molecule has 6 heteroatoms. The number of allylic oxidation sites excluding steroid dienone is 2. The minimum absolute atomic E-state index is 0.220. The van der Waals surface area contributed by atoms with E-state index in [1.165, 1.54) is 7.11 Å². The van der Waals surface area contributed by atoms with Crippen LogP contribution in [0.2, 0.25) is 0 Å². The van der Waals surface area contributed by atoms with Gasteiger partial charge in [-0.2, -0.15) is 0 Å². The minimum Gasteiger partial charge on any atom is -0.469 e. The van der Waals surface area contributed by atoms with Crippen molar-refractivity contribution in [3.63, 3.8) is 0 Å². The van der Waals surface area contributed by atoms with Crippen molar-refractivity contribution in [2.24, 2.45) is 11.8 Å². The monoisotopic (exact) mass is 386 g/mol. The molecule has 0 bridgehead atoms. The van der Waals surface area contributed by atoms with Crippen LogP contribution in [0.4, 0.5) is 0 Å². The Morgan fingerprint density at radius 1 is 1.15 bits per heavy atom. The van der Waals surface area contributed by atoms with Gasteiger partial charge < -0.3 is 25.2 Å². The van der Waals surface area contributed by atoms with Crippen LogP contribution in [0, 0.1) is 11.8 Å². The second-order valence-electron chi connectivity index (χ2n) is 8.72. The molecule has 1 rings (SSSR count). The van der Waals surface area contributed by atoms with Crippen molar-refractivity contribution < 1.29 is 30.0 Å². The van der Waals surface area contributed by atoms with Gasteiger partial charge in [-0.15, -0.1) is 0 Å². The third-order valence-electron chi connectivity index (χ3n) is 6.22. The molecule has 0 heterocycles. The van der Waals surface area contributed by atoms with Crippen molar-refractivity contribution >= 4 is 5.97 Å². The van der Waals surface area contributed by atoms with Gasteiger partial charge in [0.2, 0.25) is 0 Å². The topological polar surface area (TPSA) is 107 Å². The van der Waals surface area contributed by atoms with Crippen LogP contribution in [-0.4, -0.2) is 56.9 Å². The van der Waals surface area contributed by atoms with Gasteiger partial charge >= 0.3 is 5.97 Å². The lowest BCUT2D eigenvalue weighted by atomic mass is 9.77. The molecular weight excluding hydrogens is 348 g/mol. The molecule has 0 aromatic rings. The normalized spacial score (nSPS) is 40.3.